The normalized spacial score (nSPS) is 12.6. The molecular formula is C19H18Cl2FNO4. The van der Waals surface area contributed by atoms with E-state index in [0.717, 1.165) is 17.7 Å². The van der Waals surface area contributed by atoms with Gasteiger partial charge in [0, 0.05) is 18.1 Å². The average Bonchev–Trinajstić information content (AvgIpc) is 2.63. The molecule has 0 heterocycles. The molecule has 27 heavy (non-hydrogen) atoms. The Balaban J connectivity index is 2.35. The van der Waals surface area contributed by atoms with Crippen molar-refractivity contribution in [1.29, 1.82) is 0 Å². The van der Waals surface area contributed by atoms with Crippen LogP contribution in [0.5, 0.6) is 17.2 Å². The lowest BCUT2D eigenvalue weighted by molar-refractivity contribution is -0.384. The van der Waals surface area contributed by atoms with E-state index in [1.807, 2.05) is 0 Å². The molecule has 0 unspecified atom stereocenters. The van der Waals surface area contributed by atoms with Gasteiger partial charge in [0.25, 0.3) is 5.69 Å². The van der Waals surface area contributed by atoms with E-state index in [0.29, 0.717) is 17.9 Å². The van der Waals surface area contributed by atoms with Crippen LogP contribution in [0.15, 0.2) is 42.2 Å². The zero-order valence-electron chi connectivity index (χ0n) is 15.0. The van der Waals surface area contributed by atoms with E-state index in [2.05, 4.69) is 0 Å². The molecule has 0 amide bonds. The van der Waals surface area contributed by atoms with Crippen LogP contribution >= 0.6 is 23.2 Å². The average molecular weight is 414 g/mol. The van der Waals surface area contributed by atoms with Gasteiger partial charge < -0.3 is 9.47 Å². The fourth-order valence-corrected chi connectivity index (χ4v) is 3.11. The Labute approximate surface area is 166 Å². The van der Waals surface area contributed by atoms with Gasteiger partial charge in [0.05, 0.1) is 27.9 Å². The van der Waals surface area contributed by atoms with Gasteiger partial charge in [-0.15, -0.1) is 0 Å². The summed E-state index contributed by atoms with van der Waals surface area (Å²) >= 11 is 12.2. The Bertz CT molecular complexity index is 863. The number of nitro groups is 1. The first-order valence-corrected chi connectivity index (χ1v) is 8.82. The molecule has 0 aliphatic rings. The summed E-state index contributed by atoms with van der Waals surface area (Å²) in [5, 5.41) is 10.9. The van der Waals surface area contributed by atoms with E-state index < -0.39 is 4.92 Å². The minimum atomic E-state index is -0.593. The van der Waals surface area contributed by atoms with Crippen LogP contribution < -0.4 is 9.47 Å². The Morgan fingerprint density at radius 3 is 2.44 bits per heavy atom. The SMILES string of the molecule is C/C=C(/F)[C@H](C)Cc1cc(Oc2c(Cl)cc([N+](=O)[O-])cc2Cl)ccc1OC. The Kier molecular flexibility index (Phi) is 7.05. The molecule has 0 fully saturated rings. The third-order valence-corrected chi connectivity index (χ3v) is 4.50. The molecule has 0 bridgehead atoms. The Hall–Kier alpha value is -2.31. The summed E-state index contributed by atoms with van der Waals surface area (Å²) in [6, 6.07) is 7.37. The Morgan fingerprint density at radius 2 is 1.93 bits per heavy atom. The molecule has 144 valence electrons. The molecule has 0 aliphatic carbocycles. The van der Waals surface area contributed by atoms with Gasteiger partial charge in [0.1, 0.15) is 11.5 Å². The molecule has 0 N–H and O–H groups in total. The quantitative estimate of drug-likeness (QED) is 0.371. The van der Waals surface area contributed by atoms with Crippen molar-refractivity contribution in [3.8, 4) is 17.2 Å². The van der Waals surface area contributed by atoms with Gasteiger partial charge in [-0.05, 0) is 37.1 Å². The molecular weight excluding hydrogens is 396 g/mol. The number of nitro benzene ring substituents is 1. The highest BCUT2D eigenvalue weighted by Gasteiger charge is 2.18. The molecule has 2 aromatic carbocycles. The molecule has 2 rings (SSSR count). The van der Waals surface area contributed by atoms with Gasteiger partial charge in [-0.25, -0.2) is 4.39 Å². The summed E-state index contributed by atoms with van der Waals surface area (Å²) in [4.78, 5) is 10.3. The largest absolute Gasteiger partial charge is 0.496 e. The maximum atomic E-state index is 13.8. The van der Waals surface area contributed by atoms with Gasteiger partial charge in [-0.2, -0.15) is 0 Å². The van der Waals surface area contributed by atoms with Gasteiger partial charge in [-0.3, -0.25) is 10.1 Å². The second kappa shape index (κ2) is 9.06. The first-order chi connectivity index (χ1) is 12.8. The number of nitrogens with zero attached hydrogens (tertiary/aromatic N) is 1. The van der Waals surface area contributed by atoms with Crippen LogP contribution in [0, 0.1) is 16.0 Å². The molecule has 0 aliphatic heterocycles. The molecule has 1 atom stereocenters. The minimum Gasteiger partial charge on any atom is -0.496 e. The van der Waals surface area contributed by atoms with E-state index in [4.69, 9.17) is 32.7 Å². The summed E-state index contributed by atoms with van der Waals surface area (Å²) < 4.78 is 24.9. The van der Waals surface area contributed by atoms with Crippen molar-refractivity contribution < 1.29 is 18.8 Å². The fraction of sp³-hybridized carbons (Fsp3) is 0.263. The number of hydrogen-bond acceptors (Lipinski definition) is 4. The highest BCUT2D eigenvalue weighted by Crippen LogP contribution is 2.40. The summed E-state index contributed by atoms with van der Waals surface area (Å²) in [6.07, 6.45) is 1.83. The molecule has 0 saturated carbocycles. The first kappa shape index (κ1) is 21.0. The number of non-ortho nitro benzene ring substituents is 1. The lowest BCUT2D eigenvalue weighted by Crippen LogP contribution is -2.03. The number of ether oxygens (including phenoxy) is 2. The molecule has 0 spiro atoms. The van der Waals surface area contributed by atoms with E-state index >= 15 is 0 Å². The monoisotopic (exact) mass is 413 g/mol. The maximum absolute atomic E-state index is 13.8. The predicted molar refractivity (Wildman–Crippen MR) is 104 cm³/mol. The van der Waals surface area contributed by atoms with Gasteiger partial charge >= 0.3 is 0 Å². The highest BCUT2D eigenvalue weighted by molar-refractivity contribution is 6.37. The molecule has 0 aromatic heterocycles. The van der Waals surface area contributed by atoms with Crippen LogP contribution in [0.25, 0.3) is 0 Å². The van der Waals surface area contributed by atoms with Crippen LogP contribution in [0.3, 0.4) is 0 Å². The fourth-order valence-electron chi connectivity index (χ4n) is 2.56. The smallest absolute Gasteiger partial charge is 0.272 e. The van der Waals surface area contributed by atoms with E-state index in [1.54, 1.807) is 32.0 Å². The van der Waals surface area contributed by atoms with Crippen LogP contribution in [-0.4, -0.2) is 12.0 Å². The van der Waals surface area contributed by atoms with Crippen molar-refractivity contribution in [2.45, 2.75) is 20.3 Å². The topological polar surface area (TPSA) is 61.6 Å². The number of methoxy groups -OCH3 is 1. The van der Waals surface area contributed by atoms with E-state index in [-0.39, 0.29) is 33.2 Å². The summed E-state index contributed by atoms with van der Waals surface area (Å²) in [6.45, 7) is 3.41. The number of allylic oxidation sites excluding steroid dienone is 2. The van der Waals surface area contributed by atoms with Crippen LogP contribution in [-0.2, 0) is 6.42 Å². The lowest BCUT2D eigenvalue weighted by atomic mass is 9.98. The molecule has 2 aromatic rings. The summed E-state index contributed by atoms with van der Waals surface area (Å²) in [5.74, 6) is 0.554. The third kappa shape index (κ3) is 5.11. The molecule has 0 saturated heterocycles. The zero-order valence-corrected chi connectivity index (χ0v) is 16.5. The predicted octanol–water partition coefficient (Wildman–Crippen LogP) is 6.75. The number of rotatable bonds is 7. The van der Waals surface area contributed by atoms with Crippen LogP contribution in [0.2, 0.25) is 10.0 Å². The van der Waals surface area contributed by atoms with Gasteiger partial charge in [0.15, 0.2) is 5.75 Å². The van der Waals surface area contributed by atoms with Crippen molar-refractivity contribution in [2.24, 2.45) is 5.92 Å². The number of halogens is 3. The van der Waals surface area contributed by atoms with Gasteiger partial charge in [-0.1, -0.05) is 36.2 Å². The zero-order chi connectivity index (χ0) is 20.1. The first-order valence-electron chi connectivity index (χ1n) is 8.06. The maximum Gasteiger partial charge on any atom is 0.272 e. The van der Waals surface area contributed by atoms with Crippen molar-refractivity contribution in [2.75, 3.05) is 7.11 Å². The van der Waals surface area contributed by atoms with E-state index in [9.17, 15) is 14.5 Å². The lowest BCUT2D eigenvalue weighted by Gasteiger charge is -2.15. The standard InChI is InChI=1S/C19H18Cl2FNO4/c1-4-17(22)11(2)7-12-8-14(5-6-18(12)26-3)27-19-15(20)9-13(23(24)25)10-16(19)21/h4-6,8-11H,7H2,1-3H3/b17-4+/t11-/m1/s1. The van der Waals surface area contributed by atoms with Crippen LogP contribution in [0.1, 0.15) is 19.4 Å². The summed E-state index contributed by atoms with van der Waals surface area (Å²) in [5.41, 5.74) is 0.511. The molecule has 0 radical (unpaired) electrons. The van der Waals surface area contributed by atoms with Crippen molar-refractivity contribution in [3.63, 3.8) is 0 Å². The third-order valence-electron chi connectivity index (χ3n) is 3.94. The van der Waals surface area contributed by atoms with Crippen molar-refractivity contribution >= 4 is 28.9 Å². The van der Waals surface area contributed by atoms with Crippen LogP contribution in [0.4, 0.5) is 10.1 Å². The van der Waals surface area contributed by atoms with Crippen molar-refractivity contribution in [3.05, 3.63) is 68.0 Å². The number of benzene rings is 2. The number of hydrogen-bond donors (Lipinski definition) is 0. The van der Waals surface area contributed by atoms with E-state index in [1.165, 1.54) is 13.2 Å². The summed E-state index contributed by atoms with van der Waals surface area (Å²) in [7, 11) is 1.53. The second-order valence-electron chi connectivity index (χ2n) is 5.85. The van der Waals surface area contributed by atoms with Gasteiger partial charge in [0.2, 0.25) is 0 Å². The second-order valence-corrected chi connectivity index (χ2v) is 6.66. The molecule has 8 heteroatoms. The Morgan fingerprint density at radius 1 is 1.30 bits per heavy atom. The van der Waals surface area contributed by atoms with Crippen molar-refractivity contribution in [1.82, 2.24) is 0 Å². The highest BCUT2D eigenvalue weighted by atomic mass is 35.5. The molecule has 5 nitrogen and oxygen atoms in total. The minimum absolute atomic E-state index is 0.0138.